The lowest BCUT2D eigenvalue weighted by Gasteiger charge is -2.37. The van der Waals surface area contributed by atoms with Gasteiger partial charge in [-0.25, -0.2) is 0 Å². The first-order valence-corrected chi connectivity index (χ1v) is 13.8. The monoisotopic (exact) mass is 476 g/mol. The van der Waals surface area contributed by atoms with E-state index in [2.05, 4.69) is 141 Å². The second-order valence-electron chi connectivity index (χ2n) is 16.2. The highest BCUT2D eigenvalue weighted by Crippen LogP contribution is 2.44. The van der Waals surface area contributed by atoms with Crippen molar-refractivity contribution in [3.63, 3.8) is 0 Å². The Labute approximate surface area is 219 Å². The average molecular weight is 477 g/mol. The molecule has 0 aliphatic heterocycles. The van der Waals surface area contributed by atoms with E-state index >= 15 is 0 Å². The summed E-state index contributed by atoms with van der Waals surface area (Å²) in [4.78, 5) is 0. The maximum absolute atomic E-state index is 2.55. The molecule has 0 nitrogen and oxygen atoms in total. The largest absolute Gasteiger partial charge is 0.0617 e. The molecular formula is C35H56. The van der Waals surface area contributed by atoms with Crippen LogP contribution in [0.1, 0.15) is 156 Å². The molecule has 0 fully saturated rings. The summed E-state index contributed by atoms with van der Waals surface area (Å²) in [6, 6.07) is 12.1. The summed E-state index contributed by atoms with van der Waals surface area (Å²) in [6.45, 7) is 38.0. The Kier molecular flexibility index (Phi) is 7.96. The Bertz CT molecular complexity index is 996. The zero-order chi connectivity index (χ0) is 27.4. The fourth-order valence-corrected chi connectivity index (χ4v) is 5.54. The third kappa shape index (κ3) is 6.81. The van der Waals surface area contributed by atoms with Gasteiger partial charge >= 0.3 is 0 Å². The second-order valence-corrected chi connectivity index (χ2v) is 16.2. The molecule has 2 rings (SSSR count). The van der Waals surface area contributed by atoms with E-state index in [1.807, 2.05) is 0 Å². The summed E-state index contributed by atoms with van der Waals surface area (Å²) in [6.07, 6.45) is 1.07. The van der Waals surface area contributed by atoms with Crippen LogP contribution < -0.4 is 0 Å². The molecule has 2 aromatic rings. The maximum Gasteiger partial charge on any atom is -0.0126 e. The number of benzene rings is 2. The molecule has 196 valence electrons. The van der Waals surface area contributed by atoms with Gasteiger partial charge in [-0.3, -0.25) is 0 Å². The van der Waals surface area contributed by atoms with Crippen LogP contribution in [0.25, 0.3) is 0 Å². The van der Waals surface area contributed by atoms with E-state index in [0.29, 0.717) is 5.92 Å². The zero-order valence-electron chi connectivity index (χ0n) is 26.2. The molecule has 0 N–H and O–H groups in total. The van der Waals surface area contributed by atoms with Crippen molar-refractivity contribution in [2.24, 2.45) is 0 Å². The van der Waals surface area contributed by atoms with E-state index in [0.717, 1.165) is 6.42 Å². The highest BCUT2D eigenvalue weighted by Gasteiger charge is 2.33. The summed E-state index contributed by atoms with van der Waals surface area (Å²) in [5.74, 6) is 0.428. The lowest BCUT2D eigenvalue weighted by atomic mass is 9.67. The van der Waals surface area contributed by atoms with Gasteiger partial charge in [0.05, 0.1) is 0 Å². The first-order valence-electron chi connectivity index (χ1n) is 13.8. The predicted octanol–water partition coefficient (Wildman–Crippen LogP) is 10.5. The first-order chi connectivity index (χ1) is 15.5. The van der Waals surface area contributed by atoms with Crippen molar-refractivity contribution in [3.05, 3.63) is 69.3 Å². The highest BCUT2D eigenvalue weighted by atomic mass is 14.4. The van der Waals surface area contributed by atoms with Crippen molar-refractivity contribution < 1.29 is 0 Å². The normalized spacial score (nSPS) is 14.9. The molecule has 0 aliphatic carbocycles. The number of hydrogen-bond acceptors (Lipinski definition) is 0. The molecule has 0 heterocycles. The highest BCUT2D eigenvalue weighted by molar-refractivity contribution is 5.51. The summed E-state index contributed by atoms with van der Waals surface area (Å²) in [5, 5.41) is 0. The van der Waals surface area contributed by atoms with Gasteiger partial charge in [-0.05, 0) is 78.4 Å². The molecule has 2 aromatic carbocycles. The molecule has 0 aromatic heterocycles. The van der Waals surface area contributed by atoms with Crippen molar-refractivity contribution >= 4 is 0 Å². The fraction of sp³-hybridized carbons (Fsp3) is 0.657. The molecule has 1 atom stereocenters. The van der Waals surface area contributed by atoms with E-state index in [4.69, 9.17) is 0 Å². The lowest BCUT2D eigenvalue weighted by molar-refractivity contribution is 0.508. The first kappa shape index (κ1) is 29.7. The van der Waals surface area contributed by atoms with Gasteiger partial charge in [0.2, 0.25) is 0 Å². The SMILES string of the molecule is CC(Cc1c(C(C)(C)C)cccc1C(C)(C)C)c1cc(C(C)(C)C)cc(C(C)(C)C)c1C(C)(C)C. The molecular weight excluding hydrogens is 420 g/mol. The van der Waals surface area contributed by atoms with Crippen molar-refractivity contribution in [3.8, 4) is 0 Å². The molecule has 0 aliphatic rings. The Morgan fingerprint density at radius 2 is 0.971 bits per heavy atom. The van der Waals surface area contributed by atoms with Crippen LogP contribution in [-0.2, 0) is 33.5 Å². The maximum atomic E-state index is 2.55. The summed E-state index contributed by atoms with van der Waals surface area (Å²) < 4.78 is 0. The van der Waals surface area contributed by atoms with E-state index in [1.54, 1.807) is 16.7 Å². The van der Waals surface area contributed by atoms with Crippen molar-refractivity contribution in [2.75, 3.05) is 0 Å². The fourth-order valence-electron chi connectivity index (χ4n) is 5.54. The van der Waals surface area contributed by atoms with Crippen molar-refractivity contribution in [1.82, 2.24) is 0 Å². The van der Waals surface area contributed by atoms with Gasteiger partial charge < -0.3 is 0 Å². The number of hydrogen-bond donors (Lipinski definition) is 0. The zero-order valence-corrected chi connectivity index (χ0v) is 26.2. The summed E-state index contributed by atoms with van der Waals surface area (Å²) >= 11 is 0. The molecule has 0 heteroatoms. The van der Waals surface area contributed by atoms with Crippen LogP contribution in [0.15, 0.2) is 30.3 Å². The molecule has 35 heavy (non-hydrogen) atoms. The van der Waals surface area contributed by atoms with Crippen LogP contribution in [-0.4, -0.2) is 0 Å². The van der Waals surface area contributed by atoms with Crippen LogP contribution in [0.3, 0.4) is 0 Å². The molecule has 0 saturated heterocycles. The third-order valence-electron chi connectivity index (χ3n) is 7.43. The minimum Gasteiger partial charge on any atom is -0.0617 e. The lowest BCUT2D eigenvalue weighted by Crippen LogP contribution is -2.27. The van der Waals surface area contributed by atoms with Crippen LogP contribution >= 0.6 is 0 Å². The van der Waals surface area contributed by atoms with Crippen molar-refractivity contribution in [2.45, 2.75) is 150 Å². The van der Waals surface area contributed by atoms with E-state index < -0.39 is 0 Å². The number of rotatable bonds is 3. The minimum atomic E-state index is 0.0824. The van der Waals surface area contributed by atoms with Gasteiger partial charge in [0.1, 0.15) is 0 Å². The second kappa shape index (κ2) is 9.39. The predicted molar refractivity (Wildman–Crippen MR) is 159 cm³/mol. The molecule has 0 amide bonds. The summed E-state index contributed by atoms with van der Waals surface area (Å²) in [7, 11) is 0. The van der Waals surface area contributed by atoms with Gasteiger partial charge in [-0.15, -0.1) is 0 Å². The van der Waals surface area contributed by atoms with Gasteiger partial charge in [0.25, 0.3) is 0 Å². The van der Waals surface area contributed by atoms with Gasteiger partial charge in [-0.1, -0.05) is 141 Å². The van der Waals surface area contributed by atoms with E-state index in [9.17, 15) is 0 Å². The quantitative estimate of drug-likeness (QED) is 0.413. The Morgan fingerprint density at radius 1 is 0.543 bits per heavy atom. The topological polar surface area (TPSA) is 0 Å². The van der Waals surface area contributed by atoms with Crippen LogP contribution in [0.2, 0.25) is 0 Å². The third-order valence-corrected chi connectivity index (χ3v) is 7.43. The average Bonchev–Trinajstić information content (AvgIpc) is 2.63. The molecule has 0 saturated carbocycles. The summed E-state index contributed by atoms with van der Waals surface area (Å²) in [5.41, 5.74) is 11.1. The van der Waals surface area contributed by atoms with Crippen LogP contribution in [0.4, 0.5) is 0 Å². The molecule has 0 spiro atoms. The van der Waals surface area contributed by atoms with Gasteiger partial charge in [0.15, 0.2) is 0 Å². The van der Waals surface area contributed by atoms with Crippen LogP contribution in [0.5, 0.6) is 0 Å². The van der Waals surface area contributed by atoms with Gasteiger partial charge in [0, 0.05) is 0 Å². The van der Waals surface area contributed by atoms with E-state index in [-0.39, 0.29) is 27.1 Å². The van der Waals surface area contributed by atoms with Crippen molar-refractivity contribution in [1.29, 1.82) is 0 Å². The van der Waals surface area contributed by atoms with E-state index in [1.165, 1.54) is 22.3 Å². The Morgan fingerprint density at radius 3 is 1.31 bits per heavy atom. The smallest absolute Gasteiger partial charge is 0.0126 e. The standard InChI is InChI=1S/C35H56/c1-23(20-26-27(32(5,6)7)18-17-19-28(26)33(8,9)10)25-21-24(31(2,3)4)22-29(34(11,12)13)30(25)35(14,15)16/h17-19,21-23H,20H2,1-16H3. The molecule has 0 bridgehead atoms. The Balaban J connectivity index is 2.89. The minimum absolute atomic E-state index is 0.0824. The molecule has 0 radical (unpaired) electrons. The van der Waals surface area contributed by atoms with Gasteiger partial charge in [-0.2, -0.15) is 0 Å². The molecule has 1 unspecified atom stereocenters. The Hall–Kier alpha value is -1.56. The van der Waals surface area contributed by atoms with Crippen LogP contribution in [0, 0.1) is 0 Å².